The molecule has 0 heterocycles. The number of benzene rings is 2. The molecule has 0 radical (unpaired) electrons. The summed E-state index contributed by atoms with van der Waals surface area (Å²) in [4.78, 5) is 24.0. The van der Waals surface area contributed by atoms with Crippen molar-refractivity contribution in [3.8, 4) is 23.0 Å². The third-order valence-electron chi connectivity index (χ3n) is 5.66. The maximum atomic E-state index is 12.4. The minimum atomic E-state index is -2.43. The Hall–Kier alpha value is -4.10. The number of carbonyl (C=O) groups excluding carboxylic acids is 1. The van der Waals surface area contributed by atoms with Crippen molar-refractivity contribution in [1.82, 2.24) is 0 Å². The molecule has 0 bridgehead atoms. The van der Waals surface area contributed by atoms with Crippen molar-refractivity contribution in [1.29, 1.82) is 0 Å². The average molecular weight is 518 g/mol. The van der Waals surface area contributed by atoms with Crippen LogP contribution in [0.1, 0.15) is 24.0 Å². The van der Waals surface area contributed by atoms with Crippen LogP contribution in [0.2, 0.25) is 0 Å². The van der Waals surface area contributed by atoms with Gasteiger partial charge in [0.2, 0.25) is 0 Å². The van der Waals surface area contributed by atoms with Gasteiger partial charge in [0.05, 0.1) is 6.10 Å². The quantitative estimate of drug-likeness (QED) is 0.106. The van der Waals surface area contributed by atoms with E-state index in [1.807, 2.05) is 0 Å². The molecule has 3 rings (SSSR count). The highest BCUT2D eigenvalue weighted by Crippen LogP contribution is 2.34. The van der Waals surface area contributed by atoms with Gasteiger partial charge >= 0.3 is 11.9 Å². The molecule has 2 aromatic rings. The number of hydrogen-bond donors (Lipinski definition) is 8. The normalized spacial score (nSPS) is 24.8. The lowest BCUT2D eigenvalue weighted by Gasteiger charge is -2.41. The van der Waals surface area contributed by atoms with Crippen LogP contribution in [0.5, 0.6) is 23.0 Å². The number of phenols is 4. The summed E-state index contributed by atoms with van der Waals surface area (Å²) in [5, 5.41) is 78.4. The van der Waals surface area contributed by atoms with Crippen LogP contribution in [0.3, 0.4) is 0 Å². The Morgan fingerprint density at radius 2 is 1.49 bits per heavy atom. The van der Waals surface area contributed by atoms with Gasteiger partial charge in [0.25, 0.3) is 0 Å². The van der Waals surface area contributed by atoms with Crippen molar-refractivity contribution in [2.24, 2.45) is 0 Å². The Morgan fingerprint density at radius 3 is 2.03 bits per heavy atom. The van der Waals surface area contributed by atoms with E-state index in [0.717, 1.165) is 12.2 Å². The molecule has 12 nitrogen and oxygen atoms in total. The molecule has 5 atom stereocenters. The molecule has 8 N–H and O–H groups in total. The van der Waals surface area contributed by atoms with Gasteiger partial charge in [-0.1, -0.05) is 18.2 Å². The van der Waals surface area contributed by atoms with Gasteiger partial charge < -0.3 is 50.3 Å². The zero-order valence-corrected chi connectivity index (χ0v) is 19.2. The fraction of sp³-hybridized carbons (Fsp3) is 0.280. The van der Waals surface area contributed by atoms with Crippen LogP contribution in [-0.2, 0) is 19.1 Å². The van der Waals surface area contributed by atoms with Gasteiger partial charge in [-0.3, -0.25) is 0 Å². The molecule has 0 amide bonds. The van der Waals surface area contributed by atoms with Gasteiger partial charge in [-0.05, 0) is 47.5 Å². The molecule has 37 heavy (non-hydrogen) atoms. The SMILES string of the molecule is O=C(/C=C/c1ccc(O)c(O)c1)O[C@@H]1C[C@](O)(C(=O)O)C[C@@H](O)[C@H]1OC(O)/C=C/c1ccc(O)c(O)c1. The van der Waals surface area contributed by atoms with Crippen molar-refractivity contribution in [3.63, 3.8) is 0 Å². The van der Waals surface area contributed by atoms with Crippen LogP contribution in [-0.4, -0.2) is 83.0 Å². The van der Waals surface area contributed by atoms with Crippen LogP contribution in [0.15, 0.2) is 48.6 Å². The van der Waals surface area contributed by atoms with Gasteiger partial charge in [-0.15, -0.1) is 0 Å². The highest BCUT2D eigenvalue weighted by Gasteiger charge is 2.51. The number of phenolic OH excluding ortho intramolecular Hbond substituents is 4. The number of aliphatic hydroxyl groups excluding tert-OH is 2. The number of aliphatic carboxylic acids is 1. The number of rotatable bonds is 8. The molecule has 0 spiro atoms. The Morgan fingerprint density at radius 1 is 0.919 bits per heavy atom. The number of hydrogen-bond acceptors (Lipinski definition) is 11. The first-order valence-electron chi connectivity index (χ1n) is 11.0. The largest absolute Gasteiger partial charge is 0.504 e. The van der Waals surface area contributed by atoms with E-state index in [-0.39, 0.29) is 11.5 Å². The van der Waals surface area contributed by atoms with Gasteiger partial charge in [0.15, 0.2) is 34.9 Å². The van der Waals surface area contributed by atoms with Crippen molar-refractivity contribution in [2.75, 3.05) is 0 Å². The smallest absolute Gasteiger partial charge is 0.335 e. The Kier molecular flexibility index (Phi) is 8.40. The number of ether oxygens (including phenoxy) is 2. The molecule has 1 aliphatic carbocycles. The van der Waals surface area contributed by atoms with E-state index in [1.165, 1.54) is 48.6 Å². The summed E-state index contributed by atoms with van der Waals surface area (Å²) in [6.45, 7) is 0. The topological polar surface area (TPSA) is 214 Å². The molecule has 1 fully saturated rings. The fourth-order valence-electron chi connectivity index (χ4n) is 3.74. The summed E-state index contributed by atoms with van der Waals surface area (Å²) in [6, 6.07) is 7.65. The molecule has 0 aliphatic heterocycles. The van der Waals surface area contributed by atoms with E-state index in [9.17, 15) is 50.4 Å². The summed E-state index contributed by atoms with van der Waals surface area (Å²) >= 11 is 0. The van der Waals surface area contributed by atoms with E-state index in [1.54, 1.807) is 0 Å². The second kappa shape index (κ2) is 11.3. The monoisotopic (exact) mass is 518 g/mol. The first-order valence-corrected chi connectivity index (χ1v) is 11.0. The third-order valence-corrected chi connectivity index (χ3v) is 5.66. The molecule has 1 aliphatic rings. The average Bonchev–Trinajstić information content (AvgIpc) is 2.82. The Labute approximate surface area is 210 Å². The van der Waals surface area contributed by atoms with Crippen molar-refractivity contribution in [2.45, 2.75) is 43.0 Å². The first kappa shape index (κ1) is 27.5. The first-order chi connectivity index (χ1) is 17.4. The number of carbonyl (C=O) groups is 2. The highest BCUT2D eigenvalue weighted by atomic mass is 16.6. The van der Waals surface area contributed by atoms with Gasteiger partial charge in [-0.2, -0.15) is 0 Å². The molecule has 1 unspecified atom stereocenters. The van der Waals surface area contributed by atoms with E-state index >= 15 is 0 Å². The van der Waals surface area contributed by atoms with Crippen LogP contribution >= 0.6 is 0 Å². The molecular formula is C25H26O12. The standard InChI is InChI=1S/C25H26O12/c26-15-5-1-13(9-17(15)28)3-7-21(31)36-20-12-25(35,24(33)34)11-19(30)23(20)37-22(32)8-4-14-2-6-16(27)18(29)10-14/h1-10,19-20,22-23,26-30,32,35H,11-12H2,(H,33,34)/b7-3+,8-4+/t19-,20-,22?,23-,25+/m1/s1. The Balaban J connectivity index is 1.75. The lowest BCUT2D eigenvalue weighted by Crippen LogP contribution is -2.58. The summed E-state index contributed by atoms with van der Waals surface area (Å²) in [5.74, 6) is -4.16. The highest BCUT2D eigenvalue weighted by molar-refractivity contribution is 5.87. The van der Waals surface area contributed by atoms with Crippen molar-refractivity contribution in [3.05, 3.63) is 59.7 Å². The van der Waals surface area contributed by atoms with E-state index < -0.39 is 66.5 Å². The van der Waals surface area contributed by atoms with E-state index in [4.69, 9.17) is 9.47 Å². The number of aromatic hydroxyl groups is 4. The van der Waals surface area contributed by atoms with Gasteiger partial charge in [-0.25, -0.2) is 9.59 Å². The summed E-state index contributed by atoms with van der Waals surface area (Å²) in [7, 11) is 0. The zero-order chi connectivity index (χ0) is 27.3. The van der Waals surface area contributed by atoms with Crippen LogP contribution in [0, 0.1) is 0 Å². The number of carboxylic acids is 1. The molecule has 12 heteroatoms. The summed E-state index contributed by atoms with van der Waals surface area (Å²) in [6.07, 6.45) is -2.90. The predicted molar refractivity (Wildman–Crippen MR) is 126 cm³/mol. The molecule has 0 aromatic heterocycles. The predicted octanol–water partition coefficient (Wildman–Crippen LogP) is 0.821. The molecule has 1 saturated carbocycles. The molecule has 0 saturated heterocycles. The maximum absolute atomic E-state index is 12.4. The van der Waals surface area contributed by atoms with Crippen molar-refractivity contribution >= 4 is 24.1 Å². The van der Waals surface area contributed by atoms with Gasteiger partial charge in [0, 0.05) is 18.9 Å². The number of carboxylic acid groups (broad SMARTS) is 1. The number of esters is 1. The van der Waals surface area contributed by atoms with Crippen LogP contribution < -0.4 is 0 Å². The molecule has 198 valence electrons. The molecule has 2 aromatic carbocycles. The lowest BCUT2D eigenvalue weighted by molar-refractivity contribution is -0.227. The fourth-order valence-corrected chi connectivity index (χ4v) is 3.74. The minimum Gasteiger partial charge on any atom is -0.504 e. The van der Waals surface area contributed by atoms with Crippen LogP contribution in [0.4, 0.5) is 0 Å². The minimum absolute atomic E-state index is 0.326. The maximum Gasteiger partial charge on any atom is 0.335 e. The Bertz CT molecular complexity index is 1210. The van der Waals surface area contributed by atoms with E-state index in [2.05, 4.69) is 0 Å². The summed E-state index contributed by atoms with van der Waals surface area (Å²) in [5.41, 5.74) is -1.72. The van der Waals surface area contributed by atoms with Gasteiger partial charge in [0.1, 0.15) is 12.2 Å². The van der Waals surface area contributed by atoms with E-state index in [0.29, 0.717) is 11.1 Å². The second-order valence-electron chi connectivity index (χ2n) is 8.47. The van der Waals surface area contributed by atoms with Crippen molar-refractivity contribution < 1.29 is 59.9 Å². The van der Waals surface area contributed by atoms with Crippen LogP contribution in [0.25, 0.3) is 12.2 Å². The lowest BCUT2D eigenvalue weighted by atomic mass is 9.79. The third kappa shape index (κ3) is 6.98. The summed E-state index contributed by atoms with van der Waals surface area (Å²) < 4.78 is 10.6. The number of aliphatic hydroxyl groups is 3. The molecular weight excluding hydrogens is 492 g/mol. The second-order valence-corrected chi connectivity index (χ2v) is 8.47. The zero-order valence-electron chi connectivity index (χ0n) is 19.2.